The smallest absolute Gasteiger partial charge is 0.807 e. The molecule has 0 saturated heterocycles. The van der Waals surface area contributed by atoms with Gasteiger partial charge in [0.15, 0.2) is 0 Å². The molecule has 0 amide bonds. The van der Waals surface area contributed by atoms with Crippen molar-refractivity contribution in [2.45, 2.75) is 26.3 Å². The Morgan fingerprint density at radius 2 is 1.85 bits per heavy atom. The second kappa shape index (κ2) is 10.2. The van der Waals surface area contributed by atoms with Gasteiger partial charge in [-0.2, -0.15) is 0 Å². The Kier molecular flexibility index (Phi) is 11.6. The van der Waals surface area contributed by atoms with Crippen LogP contribution in [0.1, 0.15) is 20.3 Å². The van der Waals surface area contributed by atoms with Crippen LogP contribution in [0.5, 0.6) is 0 Å². The fourth-order valence-corrected chi connectivity index (χ4v) is 3.68. The van der Waals surface area contributed by atoms with E-state index in [1.807, 2.05) is 6.92 Å². The Morgan fingerprint density at radius 1 is 1.35 bits per heavy atom. The van der Waals surface area contributed by atoms with Crippen molar-refractivity contribution >= 4 is 29.5 Å². The topological polar surface area (TPSA) is 75.2 Å². The summed E-state index contributed by atoms with van der Waals surface area (Å²) in [4.78, 5) is 23.4. The molecule has 4 nitrogen and oxygen atoms in total. The number of nitrogens with one attached hydrogen (secondary N) is 1. The van der Waals surface area contributed by atoms with Gasteiger partial charge in [-0.1, -0.05) is 62.4 Å². The molecule has 1 N–H and O–H groups in total. The van der Waals surface area contributed by atoms with E-state index in [4.69, 9.17) is 11.8 Å². The van der Waals surface area contributed by atoms with Crippen molar-refractivity contribution in [1.82, 2.24) is 5.09 Å². The molecule has 0 bridgehead atoms. The number of carboxylic acid groups (broad SMARTS) is 1. The van der Waals surface area contributed by atoms with Crippen molar-refractivity contribution < 1.29 is 52.5 Å². The molecule has 0 aliphatic rings. The number of hydrogen-bond acceptors (Lipinski definition) is 4. The Morgan fingerprint density at radius 3 is 2.25 bits per heavy atom. The predicted molar refractivity (Wildman–Crippen MR) is 71.7 cm³/mol. The van der Waals surface area contributed by atoms with E-state index < -0.39 is 18.4 Å². The first-order valence-electron chi connectivity index (χ1n) is 5.73. The van der Waals surface area contributed by atoms with Crippen LogP contribution in [0.25, 0.3) is 0 Å². The van der Waals surface area contributed by atoms with Gasteiger partial charge >= 0.3 is 37.7 Å². The molecule has 0 heterocycles. The summed E-state index contributed by atoms with van der Waals surface area (Å²) in [7, 11) is 0. The minimum absolute atomic E-state index is 0. The van der Waals surface area contributed by atoms with Gasteiger partial charge in [0.2, 0.25) is 0 Å². The van der Waals surface area contributed by atoms with Crippen molar-refractivity contribution in [3.05, 3.63) is 30.3 Å². The number of aliphatic carboxylic acids is 1. The molecule has 0 aliphatic heterocycles. The average molecular weight is 299 g/mol. The third-order valence-electron chi connectivity index (χ3n) is 2.87. The standard InChI is InChI=1S/C12H18NO3PS.2Li/c1-3-9(2)11(12(14)15)13-17(16,18)10-7-5-4-6-8-10;;/h4-9,11H,3H2,1-2H3,(H,14,15)(H2,13,16,18);;/q;2*+1/p-2/t9-,11-,17?;;/m0../s1. The number of carboxylic acids is 1. The first-order valence-corrected chi connectivity index (χ1v) is 8.45. The number of carbonyl (C=O) groups is 1. The fraction of sp³-hybridized carbons (Fsp3) is 0.417. The minimum atomic E-state index is -3.31. The summed E-state index contributed by atoms with van der Waals surface area (Å²) in [6, 6.07) is 7.47. The summed E-state index contributed by atoms with van der Waals surface area (Å²) in [6.07, 6.45) is -2.67. The number of benzene rings is 1. The minimum Gasteiger partial charge on any atom is -0.807 e. The van der Waals surface area contributed by atoms with E-state index in [1.165, 1.54) is 0 Å². The Labute approximate surface area is 149 Å². The molecule has 8 heteroatoms. The quantitative estimate of drug-likeness (QED) is 0.418. The van der Waals surface area contributed by atoms with Crippen LogP contribution in [-0.2, 0) is 16.6 Å². The zero-order chi connectivity index (χ0) is 13.8. The van der Waals surface area contributed by atoms with E-state index in [-0.39, 0.29) is 43.6 Å². The fourth-order valence-electron chi connectivity index (χ4n) is 1.53. The maximum atomic E-state index is 12.4. The van der Waals surface area contributed by atoms with E-state index in [9.17, 15) is 14.8 Å². The van der Waals surface area contributed by atoms with Gasteiger partial charge in [0.05, 0.1) is 12.0 Å². The molecule has 3 atom stereocenters. The summed E-state index contributed by atoms with van der Waals surface area (Å²) in [5.41, 5.74) is 0. The number of hydrogen-bond donors (Lipinski definition) is 1. The Balaban J connectivity index is 0. The number of rotatable bonds is 6. The van der Waals surface area contributed by atoms with E-state index in [0.717, 1.165) is 0 Å². The summed E-state index contributed by atoms with van der Waals surface area (Å²) >= 11 is 5.03. The summed E-state index contributed by atoms with van der Waals surface area (Å²) in [6.45, 7) is 3.62. The van der Waals surface area contributed by atoms with Crippen LogP contribution >= 0.6 is 6.42 Å². The molecule has 0 aromatic heterocycles. The molecular formula is C12H16Li2NO3PS. The molecule has 1 unspecified atom stereocenters. The van der Waals surface area contributed by atoms with Crippen molar-refractivity contribution in [2.24, 2.45) is 5.92 Å². The second-order valence-corrected chi connectivity index (χ2v) is 7.62. The first kappa shape index (κ1) is 22.7. The van der Waals surface area contributed by atoms with Gasteiger partial charge in [-0.05, 0) is 17.6 Å². The first-order chi connectivity index (χ1) is 8.38. The molecule has 0 fully saturated rings. The zero-order valence-electron chi connectivity index (χ0n) is 12.3. The van der Waals surface area contributed by atoms with Crippen LogP contribution in [-0.4, -0.2) is 12.0 Å². The van der Waals surface area contributed by atoms with Gasteiger partial charge in [-0.15, -0.1) is 0 Å². The van der Waals surface area contributed by atoms with E-state index >= 15 is 0 Å². The summed E-state index contributed by atoms with van der Waals surface area (Å²) in [5, 5.41) is 14.1. The van der Waals surface area contributed by atoms with Gasteiger partial charge in [0.1, 0.15) is 0 Å². The van der Waals surface area contributed by atoms with Crippen LogP contribution in [0.2, 0.25) is 0 Å². The number of carbonyl (C=O) groups excluding carboxylic acids is 1. The van der Waals surface area contributed by atoms with Gasteiger partial charge in [0, 0.05) is 0 Å². The molecule has 1 rings (SSSR count). The molecule has 1 aromatic carbocycles. The van der Waals surface area contributed by atoms with E-state index in [0.29, 0.717) is 11.7 Å². The van der Waals surface area contributed by atoms with Crippen LogP contribution < -0.4 is 58.1 Å². The zero-order valence-corrected chi connectivity index (χ0v) is 14.0. The van der Waals surface area contributed by atoms with E-state index in [2.05, 4.69) is 5.09 Å². The van der Waals surface area contributed by atoms with Crippen LogP contribution in [0.3, 0.4) is 0 Å². The van der Waals surface area contributed by atoms with Gasteiger partial charge in [-0.25, -0.2) is 0 Å². The predicted octanol–water partition coefficient (Wildman–Crippen LogP) is -6.26. The Bertz CT molecular complexity index is 461. The SMILES string of the molecule is CC[C@H](C)[C@H](NP([O-])(=S)c1ccccc1)C(=O)[O-].[Li+].[Li+]. The second-order valence-electron chi connectivity index (χ2n) is 4.20. The van der Waals surface area contributed by atoms with Crippen molar-refractivity contribution in [3.63, 3.8) is 0 Å². The van der Waals surface area contributed by atoms with E-state index in [1.54, 1.807) is 37.3 Å². The molecule has 0 saturated carbocycles. The van der Waals surface area contributed by atoms with Crippen LogP contribution in [0, 0.1) is 5.92 Å². The largest absolute Gasteiger partial charge is 1.00 e. The van der Waals surface area contributed by atoms with Crippen molar-refractivity contribution in [1.29, 1.82) is 0 Å². The molecule has 100 valence electrons. The van der Waals surface area contributed by atoms with Crippen LogP contribution in [0.4, 0.5) is 0 Å². The average Bonchev–Trinajstić information content (AvgIpc) is 2.36. The normalized spacial score (nSPS) is 15.9. The van der Waals surface area contributed by atoms with Gasteiger partial charge < -0.3 is 14.8 Å². The maximum absolute atomic E-state index is 12.4. The monoisotopic (exact) mass is 299 g/mol. The molecular weight excluding hydrogens is 283 g/mol. The molecule has 20 heavy (non-hydrogen) atoms. The van der Waals surface area contributed by atoms with Crippen molar-refractivity contribution in [2.75, 3.05) is 0 Å². The van der Waals surface area contributed by atoms with Crippen molar-refractivity contribution in [3.8, 4) is 0 Å². The summed E-state index contributed by atoms with van der Waals surface area (Å²) < 4.78 is 0. The maximum Gasteiger partial charge on any atom is 1.00 e. The molecule has 0 spiro atoms. The molecule has 0 radical (unpaired) electrons. The molecule has 1 aromatic rings. The third kappa shape index (κ3) is 6.48. The summed E-state index contributed by atoms with van der Waals surface area (Å²) in [5.74, 6) is -1.47. The van der Waals surface area contributed by atoms with Gasteiger partial charge in [0.25, 0.3) is 0 Å². The Hall–Kier alpha value is 0.455. The van der Waals surface area contributed by atoms with Crippen LogP contribution in [0.15, 0.2) is 30.3 Å². The molecule has 0 aliphatic carbocycles. The van der Waals surface area contributed by atoms with Gasteiger partial charge in [-0.3, -0.25) is 5.09 Å². The third-order valence-corrected chi connectivity index (χ3v) is 5.42.